The number of rotatable bonds is 2. The second-order valence-corrected chi connectivity index (χ2v) is 4.70. The Morgan fingerprint density at radius 2 is 2.35 bits per heavy atom. The zero-order valence-corrected chi connectivity index (χ0v) is 9.95. The second kappa shape index (κ2) is 4.37. The smallest absolute Gasteiger partial charge is 0.111 e. The van der Waals surface area contributed by atoms with Crippen LogP contribution in [0.4, 0.5) is 5.69 Å². The van der Waals surface area contributed by atoms with E-state index < -0.39 is 0 Å². The standard InChI is InChI=1S/C13H18N4/c14-12-3-1-2-10-8-17(7-4-11(10)12)9-13-15-5-6-16-13/h1-3H,4-9,14H2,(H,15,16). The Bertz CT molecular complexity index is 453. The zero-order valence-electron chi connectivity index (χ0n) is 9.95. The average Bonchev–Trinajstić information content (AvgIpc) is 2.82. The molecular weight excluding hydrogens is 212 g/mol. The second-order valence-electron chi connectivity index (χ2n) is 4.70. The van der Waals surface area contributed by atoms with Crippen molar-refractivity contribution in [1.82, 2.24) is 10.2 Å². The molecule has 2 aliphatic heterocycles. The van der Waals surface area contributed by atoms with Crippen LogP contribution < -0.4 is 11.1 Å². The highest BCUT2D eigenvalue weighted by atomic mass is 15.2. The lowest BCUT2D eigenvalue weighted by atomic mass is 9.98. The molecule has 1 aromatic rings. The molecule has 0 saturated heterocycles. The number of nitrogens with two attached hydrogens (primary N) is 1. The van der Waals surface area contributed by atoms with Gasteiger partial charge in [-0.15, -0.1) is 0 Å². The van der Waals surface area contributed by atoms with E-state index in [9.17, 15) is 0 Å². The van der Waals surface area contributed by atoms with Crippen LogP contribution in [-0.2, 0) is 13.0 Å². The van der Waals surface area contributed by atoms with Gasteiger partial charge in [-0.05, 0) is 23.6 Å². The molecule has 0 spiro atoms. The van der Waals surface area contributed by atoms with E-state index >= 15 is 0 Å². The molecule has 3 N–H and O–H groups in total. The topological polar surface area (TPSA) is 53.6 Å². The van der Waals surface area contributed by atoms with Crippen LogP contribution in [-0.4, -0.2) is 36.9 Å². The Labute approximate surface area is 102 Å². The van der Waals surface area contributed by atoms with Gasteiger partial charge in [-0.3, -0.25) is 9.89 Å². The molecule has 2 aliphatic rings. The van der Waals surface area contributed by atoms with Gasteiger partial charge in [0.2, 0.25) is 0 Å². The summed E-state index contributed by atoms with van der Waals surface area (Å²) in [6.07, 6.45) is 1.05. The number of fused-ring (bicyclic) bond motifs is 1. The van der Waals surface area contributed by atoms with Crippen molar-refractivity contribution in [2.24, 2.45) is 4.99 Å². The maximum absolute atomic E-state index is 6.00. The molecule has 3 rings (SSSR count). The number of hydrogen-bond donors (Lipinski definition) is 2. The molecular formula is C13H18N4. The van der Waals surface area contributed by atoms with E-state index in [1.807, 2.05) is 12.1 Å². The Morgan fingerprint density at radius 1 is 1.41 bits per heavy atom. The van der Waals surface area contributed by atoms with Crippen molar-refractivity contribution in [3.63, 3.8) is 0 Å². The van der Waals surface area contributed by atoms with Crippen LogP contribution in [0, 0.1) is 0 Å². The normalized spacial score (nSPS) is 19.6. The van der Waals surface area contributed by atoms with Crippen molar-refractivity contribution in [2.45, 2.75) is 13.0 Å². The number of nitrogens with zero attached hydrogens (tertiary/aromatic N) is 2. The molecule has 0 bridgehead atoms. The number of aliphatic imine (C=N–C) groups is 1. The maximum atomic E-state index is 6.00. The van der Waals surface area contributed by atoms with Gasteiger partial charge in [-0.2, -0.15) is 0 Å². The highest BCUT2D eigenvalue weighted by Crippen LogP contribution is 2.23. The summed E-state index contributed by atoms with van der Waals surface area (Å²) in [5, 5.41) is 3.32. The van der Waals surface area contributed by atoms with Crippen LogP contribution in [0.15, 0.2) is 23.2 Å². The van der Waals surface area contributed by atoms with Crippen LogP contribution in [0.25, 0.3) is 0 Å². The lowest BCUT2D eigenvalue weighted by Gasteiger charge is -2.29. The summed E-state index contributed by atoms with van der Waals surface area (Å²) < 4.78 is 0. The number of nitrogen functional groups attached to an aromatic ring is 1. The highest BCUT2D eigenvalue weighted by molar-refractivity contribution is 5.85. The Morgan fingerprint density at radius 3 is 3.18 bits per heavy atom. The van der Waals surface area contributed by atoms with Gasteiger partial charge in [0, 0.05) is 25.3 Å². The summed E-state index contributed by atoms with van der Waals surface area (Å²) in [7, 11) is 0. The molecule has 0 fully saturated rings. The molecule has 4 nitrogen and oxygen atoms in total. The number of hydrogen-bond acceptors (Lipinski definition) is 4. The van der Waals surface area contributed by atoms with Crippen LogP contribution in [0.1, 0.15) is 11.1 Å². The van der Waals surface area contributed by atoms with Gasteiger partial charge in [-0.1, -0.05) is 12.1 Å². The summed E-state index contributed by atoms with van der Waals surface area (Å²) in [6.45, 7) is 4.91. The van der Waals surface area contributed by atoms with Gasteiger partial charge in [0.1, 0.15) is 5.84 Å². The molecule has 17 heavy (non-hydrogen) atoms. The molecule has 90 valence electrons. The van der Waals surface area contributed by atoms with E-state index in [0.717, 1.165) is 50.7 Å². The third-order valence-corrected chi connectivity index (χ3v) is 3.50. The van der Waals surface area contributed by atoms with Crippen molar-refractivity contribution in [3.05, 3.63) is 29.3 Å². The van der Waals surface area contributed by atoms with E-state index in [0.29, 0.717) is 0 Å². The molecule has 0 atom stereocenters. The molecule has 1 aromatic carbocycles. The van der Waals surface area contributed by atoms with E-state index in [-0.39, 0.29) is 0 Å². The summed E-state index contributed by atoms with van der Waals surface area (Å²) in [5.74, 6) is 1.14. The quantitative estimate of drug-likeness (QED) is 0.733. The third-order valence-electron chi connectivity index (χ3n) is 3.50. The number of amidine groups is 1. The first-order valence-electron chi connectivity index (χ1n) is 6.19. The molecule has 4 heteroatoms. The molecule has 2 heterocycles. The molecule has 0 radical (unpaired) electrons. The minimum absolute atomic E-state index is 0.923. The van der Waals surface area contributed by atoms with Gasteiger partial charge >= 0.3 is 0 Å². The van der Waals surface area contributed by atoms with Crippen molar-refractivity contribution in [3.8, 4) is 0 Å². The van der Waals surface area contributed by atoms with E-state index in [1.165, 1.54) is 11.1 Å². The lowest BCUT2D eigenvalue weighted by molar-refractivity contribution is 0.289. The Balaban J connectivity index is 1.72. The number of anilines is 1. The molecule has 0 unspecified atom stereocenters. The number of nitrogens with one attached hydrogen (secondary N) is 1. The van der Waals surface area contributed by atoms with Gasteiger partial charge in [-0.25, -0.2) is 0 Å². The number of benzene rings is 1. The minimum Gasteiger partial charge on any atom is -0.398 e. The maximum Gasteiger partial charge on any atom is 0.111 e. The van der Waals surface area contributed by atoms with E-state index in [2.05, 4.69) is 21.3 Å². The van der Waals surface area contributed by atoms with Crippen molar-refractivity contribution >= 4 is 11.5 Å². The summed E-state index contributed by atoms with van der Waals surface area (Å²) >= 11 is 0. The molecule has 0 amide bonds. The van der Waals surface area contributed by atoms with Crippen LogP contribution >= 0.6 is 0 Å². The van der Waals surface area contributed by atoms with Gasteiger partial charge in [0.25, 0.3) is 0 Å². The fraction of sp³-hybridized carbons (Fsp3) is 0.462. The average molecular weight is 230 g/mol. The highest BCUT2D eigenvalue weighted by Gasteiger charge is 2.19. The Kier molecular flexibility index (Phi) is 2.73. The van der Waals surface area contributed by atoms with Crippen LogP contribution in [0.2, 0.25) is 0 Å². The van der Waals surface area contributed by atoms with Gasteiger partial charge < -0.3 is 11.1 Å². The van der Waals surface area contributed by atoms with Crippen LogP contribution in [0.3, 0.4) is 0 Å². The summed E-state index contributed by atoms with van der Waals surface area (Å²) in [4.78, 5) is 6.87. The zero-order chi connectivity index (χ0) is 11.7. The van der Waals surface area contributed by atoms with Crippen molar-refractivity contribution in [1.29, 1.82) is 0 Å². The first kappa shape index (κ1) is 10.6. The predicted molar refractivity (Wildman–Crippen MR) is 70.1 cm³/mol. The molecule has 0 saturated carbocycles. The van der Waals surface area contributed by atoms with E-state index in [4.69, 9.17) is 5.73 Å². The SMILES string of the molecule is Nc1cccc2c1CCN(CC1=NCCN1)C2. The van der Waals surface area contributed by atoms with Gasteiger partial charge in [0.15, 0.2) is 0 Å². The largest absolute Gasteiger partial charge is 0.398 e. The minimum atomic E-state index is 0.923. The van der Waals surface area contributed by atoms with Crippen molar-refractivity contribution in [2.75, 3.05) is 31.9 Å². The summed E-state index contributed by atoms with van der Waals surface area (Å²) in [5.41, 5.74) is 9.65. The molecule has 0 aliphatic carbocycles. The van der Waals surface area contributed by atoms with Crippen LogP contribution in [0.5, 0.6) is 0 Å². The predicted octanol–water partition coefficient (Wildman–Crippen LogP) is 0.629. The fourth-order valence-corrected chi connectivity index (χ4v) is 2.60. The lowest BCUT2D eigenvalue weighted by Crippen LogP contribution is -2.38. The third kappa shape index (κ3) is 2.13. The monoisotopic (exact) mass is 230 g/mol. The van der Waals surface area contributed by atoms with Crippen molar-refractivity contribution < 1.29 is 0 Å². The fourth-order valence-electron chi connectivity index (χ4n) is 2.60. The summed E-state index contributed by atoms with van der Waals surface area (Å²) in [6, 6.07) is 6.22. The Hall–Kier alpha value is -1.55. The van der Waals surface area contributed by atoms with Gasteiger partial charge in [0.05, 0.1) is 13.1 Å². The van der Waals surface area contributed by atoms with E-state index in [1.54, 1.807) is 0 Å². The first-order valence-corrected chi connectivity index (χ1v) is 6.19. The molecule has 0 aromatic heterocycles. The first-order chi connectivity index (χ1) is 8.33.